The Morgan fingerprint density at radius 1 is 1.30 bits per heavy atom. The Labute approximate surface area is 131 Å². The lowest BCUT2D eigenvalue weighted by Crippen LogP contribution is -2.39. The van der Waals surface area contributed by atoms with Crippen molar-refractivity contribution >= 4 is 27.5 Å². The van der Waals surface area contributed by atoms with E-state index < -0.39 is 11.4 Å². The fourth-order valence-corrected chi connectivity index (χ4v) is 5.75. The van der Waals surface area contributed by atoms with Crippen molar-refractivity contribution in [3.63, 3.8) is 0 Å². The molecule has 3 saturated carbocycles. The third-order valence-electron chi connectivity index (χ3n) is 5.99. The van der Waals surface area contributed by atoms with Gasteiger partial charge in [0, 0.05) is 10.0 Å². The van der Waals surface area contributed by atoms with Crippen LogP contribution in [-0.4, -0.2) is 5.11 Å². The normalized spacial score (nSPS) is 42.2. The molecule has 0 spiro atoms. The van der Waals surface area contributed by atoms with Crippen molar-refractivity contribution in [1.82, 2.24) is 0 Å². The van der Waals surface area contributed by atoms with E-state index in [1.807, 2.05) is 0 Å². The van der Waals surface area contributed by atoms with Crippen molar-refractivity contribution in [3.8, 4) is 0 Å². The number of rotatable bonds is 1. The second-order valence-electron chi connectivity index (χ2n) is 6.71. The van der Waals surface area contributed by atoms with Crippen LogP contribution < -0.4 is 0 Å². The maximum Gasteiger partial charge on any atom is 0.149 e. The van der Waals surface area contributed by atoms with Gasteiger partial charge in [0.2, 0.25) is 0 Å². The molecule has 0 aromatic heterocycles. The molecule has 0 saturated heterocycles. The number of hydrogen-bond acceptors (Lipinski definition) is 1. The number of fused-ring (bicyclic) bond motifs is 5. The second-order valence-corrected chi connectivity index (χ2v) is 7.94. The van der Waals surface area contributed by atoms with Crippen molar-refractivity contribution in [3.05, 3.63) is 33.0 Å². The van der Waals surface area contributed by atoms with Gasteiger partial charge in [-0.25, -0.2) is 4.39 Å². The molecule has 0 amide bonds. The molecule has 1 aromatic carbocycles. The van der Waals surface area contributed by atoms with Gasteiger partial charge in [0.05, 0.1) is 10.6 Å². The van der Waals surface area contributed by atoms with E-state index in [9.17, 15) is 9.50 Å². The van der Waals surface area contributed by atoms with Gasteiger partial charge in [0.15, 0.2) is 0 Å². The van der Waals surface area contributed by atoms with Gasteiger partial charge in [-0.1, -0.05) is 24.1 Å². The van der Waals surface area contributed by atoms with E-state index in [0.29, 0.717) is 28.3 Å². The topological polar surface area (TPSA) is 20.2 Å². The first kappa shape index (κ1) is 13.5. The Kier molecular flexibility index (Phi) is 3.00. The van der Waals surface area contributed by atoms with Crippen LogP contribution in [0, 0.1) is 29.5 Å². The first-order chi connectivity index (χ1) is 9.52. The summed E-state index contributed by atoms with van der Waals surface area (Å²) in [6.07, 6.45) is 5.51. The predicted molar refractivity (Wildman–Crippen MR) is 80.1 cm³/mol. The van der Waals surface area contributed by atoms with Gasteiger partial charge in [-0.3, -0.25) is 0 Å². The third-order valence-corrected chi connectivity index (χ3v) is 7.25. The van der Waals surface area contributed by atoms with Gasteiger partial charge in [-0.15, -0.1) is 0 Å². The van der Waals surface area contributed by atoms with Gasteiger partial charge in [0.25, 0.3) is 0 Å². The molecule has 20 heavy (non-hydrogen) atoms. The fraction of sp³-hybridized carbons (Fsp3) is 0.625. The zero-order valence-electron chi connectivity index (χ0n) is 11.1. The first-order valence-corrected chi connectivity index (χ1v) is 8.56. The number of benzene rings is 1. The van der Waals surface area contributed by atoms with E-state index in [4.69, 9.17) is 11.6 Å². The van der Waals surface area contributed by atoms with Crippen molar-refractivity contribution in [2.45, 2.75) is 37.7 Å². The predicted octanol–water partition coefficient (Wildman–Crippen LogP) is 4.89. The summed E-state index contributed by atoms with van der Waals surface area (Å²) in [5.41, 5.74) is -0.603. The Balaban J connectivity index is 1.78. The molecule has 1 N–H and O–H groups in total. The maximum absolute atomic E-state index is 14.5. The summed E-state index contributed by atoms with van der Waals surface area (Å²) in [7, 11) is 0. The Bertz CT molecular complexity index is 578. The number of hydrogen-bond donors (Lipinski definition) is 1. The molecule has 5 atom stereocenters. The SMILES string of the molecule is OC1(c2ccc(Br)c(Cl)c2F)CC2CC1C1CCCC21. The zero-order chi connectivity index (χ0) is 14.1. The van der Waals surface area contributed by atoms with Gasteiger partial charge in [-0.2, -0.15) is 0 Å². The molecule has 108 valence electrons. The van der Waals surface area contributed by atoms with Gasteiger partial charge in [-0.05, 0) is 71.4 Å². The van der Waals surface area contributed by atoms with Crippen LogP contribution >= 0.6 is 27.5 Å². The smallest absolute Gasteiger partial charge is 0.149 e. The Morgan fingerprint density at radius 2 is 2.05 bits per heavy atom. The van der Waals surface area contributed by atoms with Crippen LogP contribution in [-0.2, 0) is 5.60 Å². The van der Waals surface area contributed by atoms with Crippen LogP contribution in [0.5, 0.6) is 0 Å². The van der Waals surface area contributed by atoms with Crippen LogP contribution in [0.3, 0.4) is 0 Å². The van der Waals surface area contributed by atoms with Crippen molar-refractivity contribution < 1.29 is 9.50 Å². The molecular formula is C16H17BrClFO. The summed E-state index contributed by atoms with van der Waals surface area (Å²) in [4.78, 5) is 0. The van der Waals surface area contributed by atoms with Crippen molar-refractivity contribution in [2.24, 2.45) is 23.7 Å². The van der Waals surface area contributed by atoms with Gasteiger partial charge < -0.3 is 5.11 Å². The lowest BCUT2D eigenvalue weighted by Gasteiger charge is -2.39. The monoisotopic (exact) mass is 358 g/mol. The van der Waals surface area contributed by atoms with Crippen LogP contribution in [0.4, 0.5) is 4.39 Å². The lowest BCUT2D eigenvalue weighted by atomic mass is 9.70. The highest BCUT2D eigenvalue weighted by Gasteiger charge is 2.61. The molecule has 3 fully saturated rings. The highest BCUT2D eigenvalue weighted by atomic mass is 79.9. The van der Waals surface area contributed by atoms with Crippen LogP contribution in [0.2, 0.25) is 5.02 Å². The Hall–Kier alpha value is -0.120. The van der Waals surface area contributed by atoms with E-state index in [2.05, 4.69) is 15.9 Å². The average Bonchev–Trinajstić information content (AvgIpc) is 3.06. The fourth-order valence-electron chi connectivity index (χ4n) is 5.28. The van der Waals surface area contributed by atoms with Gasteiger partial charge in [0.1, 0.15) is 5.82 Å². The number of halogens is 3. The van der Waals surface area contributed by atoms with Crippen LogP contribution in [0.15, 0.2) is 16.6 Å². The molecule has 1 aromatic rings. The van der Waals surface area contributed by atoms with E-state index in [0.717, 1.165) is 12.3 Å². The summed E-state index contributed by atoms with van der Waals surface area (Å²) in [6.45, 7) is 0. The van der Waals surface area contributed by atoms with Crippen molar-refractivity contribution in [1.29, 1.82) is 0 Å². The molecular weight excluding hydrogens is 343 g/mol. The molecule has 4 rings (SSSR count). The second kappa shape index (κ2) is 4.44. The minimum absolute atomic E-state index is 0.0849. The van der Waals surface area contributed by atoms with E-state index in [1.165, 1.54) is 19.3 Å². The standard InChI is InChI=1S/C16H17BrClFO/c17-13-5-4-11(15(19)14(13)18)16(20)7-8-6-12(16)10-3-1-2-9(8)10/h4-5,8-10,12,20H,1-3,6-7H2. The molecule has 3 aliphatic carbocycles. The molecule has 2 bridgehead atoms. The van der Waals surface area contributed by atoms with Gasteiger partial charge >= 0.3 is 0 Å². The quantitative estimate of drug-likeness (QED) is 0.708. The first-order valence-electron chi connectivity index (χ1n) is 7.38. The summed E-state index contributed by atoms with van der Waals surface area (Å²) in [5.74, 6) is 1.69. The highest BCUT2D eigenvalue weighted by Crippen LogP contribution is 2.65. The Morgan fingerprint density at radius 3 is 2.85 bits per heavy atom. The zero-order valence-corrected chi connectivity index (χ0v) is 13.4. The molecule has 0 heterocycles. The highest BCUT2D eigenvalue weighted by molar-refractivity contribution is 9.10. The summed E-state index contributed by atoms with van der Waals surface area (Å²) < 4.78 is 15.1. The third kappa shape index (κ3) is 1.63. The van der Waals surface area contributed by atoms with E-state index in [-0.39, 0.29) is 10.9 Å². The van der Waals surface area contributed by atoms with E-state index in [1.54, 1.807) is 12.1 Å². The summed E-state index contributed by atoms with van der Waals surface area (Å²) in [6, 6.07) is 3.45. The largest absolute Gasteiger partial charge is 0.385 e. The summed E-state index contributed by atoms with van der Waals surface area (Å²) in [5, 5.41) is 11.3. The minimum Gasteiger partial charge on any atom is -0.385 e. The molecule has 0 aliphatic heterocycles. The van der Waals surface area contributed by atoms with E-state index >= 15 is 0 Å². The molecule has 3 aliphatic rings. The van der Waals surface area contributed by atoms with Crippen LogP contribution in [0.1, 0.15) is 37.7 Å². The molecule has 0 radical (unpaired) electrons. The van der Waals surface area contributed by atoms with Crippen molar-refractivity contribution in [2.75, 3.05) is 0 Å². The molecule has 5 unspecified atom stereocenters. The maximum atomic E-state index is 14.5. The lowest BCUT2D eigenvalue weighted by molar-refractivity contribution is -0.0537. The molecule has 1 nitrogen and oxygen atoms in total. The average molecular weight is 360 g/mol. The molecule has 4 heteroatoms. The van der Waals surface area contributed by atoms with Crippen LogP contribution in [0.25, 0.3) is 0 Å². The minimum atomic E-state index is -1.01. The summed E-state index contributed by atoms with van der Waals surface area (Å²) >= 11 is 9.24. The number of aliphatic hydroxyl groups is 1.